The molecule has 0 saturated carbocycles. The first kappa shape index (κ1) is 20.7. The fourth-order valence-corrected chi connectivity index (χ4v) is 3.71. The second-order valence-corrected chi connectivity index (χ2v) is 7.01. The van der Waals surface area contributed by atoms with Crippen molar-refractivity contribution in [2.75, 3.05) is 26.7 Å². The monoisotopic (exact) mass is 377 g/mol. The lowest BCUT2D eigenvalue weighted by Gasteiger charge is -2.32. The van der Waals surface area contributed by atoms with Gasteiger partial charge in [0.1, 0.15) is 11.6 Å². The molecule has 1 fully saturated rings. The summed E-state index contributed by atoms with van der Waals surface area (Å²) in [5.41, 5.74) is 2.54. The zero-order valence-electron chi connectivity index (χ0n) is 15.5. The zero-order chi connectivity index (χ0) is 17.5. The smallest absolute Gasteiger partial charge is 0.123 e. The lowest BCUT2D eigenvalue weighted by Crippen LogP contribution is -2.35. The first-order chi connectivity index (χ1) is 12.2. The number of rotatable bonds is 7. The second-order valence-electron chi connectivity index (χ2n) is 7.01. The molecule has 1 aliphatic rings. The minimum absolute atomic E-state index is 0. The van der Waals surface area contributed by atoms with Crippen LogP contribution in [-0.2, 0) is 12.8 Å². The van der Waals surface area contributed by atoms with Gasteiger partial charge in [-0.3, -0.25) is 0 Å². The van der Waals surface area contributed by atoms with E-state index in [0.29, 0.717) is 0 Å². The molecule has 1 aliphatic heterocycles. The maximum absolute atomic E-state index is 12.9. The molecule has 3 rings (SSSR count). The van der Waals surface area contributed by atoms with Crippen LogP contribution in [-0.4, -0.2) is 31.6 Å². The molecule has 1 heterocycles. The average molecular weight is 378 g/mol. The van der Waals surface area contributed by atoms with Crippen molar-refractivity contribution >= 4 is 12.4 Å². The largest absolute Gasteiger partial charge is 0.496 e. The number of hydrogen-bond acceptors (Lipinski definition) is 2. The number of methoxy groups -OCH3 is 1. The predicted molar refractivity (Wildman–Crippen MR) is 108 cm³/mol. The van der Waals surface area contributed by atoms with E-state index in [1.807, 2.05) is 24.3 Å². The predicted octanol–water partition coefficient (Wildman–Crippen LogP) is 5.14. The molecular weight excluding hydrogens is 349 g/mol. The van der Waals surface area contributed by atoms with E-state index in [0.717, 1.165) is 31.1 Å². The standard InChI is InChI=1S/C22H28FNO.ClH/c1-25-22-5-3-2-4-20(22)9-6-19-13-16-24(17-14-19)15-12-18-7-10-21(23)11-8-18;/h2-5,7-8,10-11,19H,6,9,12-17H2,1H3;1H. The lowest BCUT2D eigenvalue weighted by molar-refractivity contribution is 0.181. The molecule has 0 amide bonds. The van der Waals surface area contributed by atoms with Gasteiger partial charge in [0, 0.05) is 6.54 Å². The van der Waals surface area contributed by atoms with Gasteiger partial charge in [-0.05, 0) is 80.4 Å². The Labute approximate surface area is 162 Å². The zero-order valence-corrected chi connectivity index (χ0v) is 16.3. The maximum atomic E-state index is 12.9. The summed E-state index contributed by atoms with van der Waals surface area (Å²) >= 11 is 0. The van der Waals surface area contributed by atoms with Gasteiger partial charge in [-0.1, -0.05) is 30.3 Å². The van der Waals surface area contributed by atoms with Gasteiger partial charge in [0.05, 0.1) is 7.11 Å². The number of aryl methyl sites for hydroxylation is 1. The molecule has 0 unspecified atom stereocenters. The molecule has 2 aromatic carbocycles. The summed E-state index contributed by atoms with van der Waals surface area (Å²) in [6.45, 7) is 3.43. The van der Waals surface area contributed by atoms with Gasteiger partial charge in [-0.15, -0.1) is 12.4 Å². The Kier molecular flexibility index (Phi) is 8.40. The number of hydrogen-bond donors (Lipinski definition) is 0. The summed E-state index contributed by atoms with van der Waals surface area (Å²) in [7, 11) is 1.75. The Morgan fingerprint density at radius 2 is 1.69 bits per heavy atom. The van der Waals surface area contributed by atoms with E-state index in [-0.39, 0.29) is 18.2 Å². The summed E-state index contributed by atoms with van der Waals surface area (Å²) in [6.07, 6.45) is 5.90. The van der Waals surface area contributed by atoms with Crippen molar-refractivity contribution in [2.45, 2.75) is 32.1 Å². The fraction of sp³-hybridized carbons (Fsp3) is 0.455. The van der Waals surface area contributed by atoms with Crippen molar-refractivity contribution in [3.8, 4) is 5.75 Å². The van der Waals surface area contributed by atoms with Crippen molar-refractivity contribution in [3.63, 3.8) is 0 Å². The van der Waals surface area contributed by atoms with E-state index in [4.69, 9.17) is 4.74 Å². The minimum atomic E-state index is -0.153. The topological polar surface area (TPSA) is 12.5 Å². The molecule has 0 aromatic heterocycles. The van der Waals surface area contributed by atoms with Gasteiger partial charge >= 0.3 is 0 Å². The highest BCUT2D eigenvalue weighted by molar-refractivity contribution is 5.85. The third-order valence-corrected chi connectivity index (χ3v) is 5.35. The number of nitrogens with zero attached hydrogens (tertiary/aromatic N) is 1. The van der Waals surface area contributed by atoms with Crippen LogP contribution < -0.4 is 4.74 Å². The summed E-state index contributed by atoms with van der Waals surface area (Å²) in [4.78, 5) is 2.54. The third-order valence-electron chi connectivity index (χ3n) is 5.35. The summed E-state index contributed by atoms with van der Waals surface area (Å²) in [5, 5.41) is 0. The Balaban J connectivity index is 0.00000243. The molecule has 142 valence electrons. The quantitative estimate of drug-likeness (QED) is 0.662. The van der Waals surface area contributed by atoms with Gasteiger partial charge in [-0.2, -0.15) is 0 Å². The number of likely N-dealkylation sites (tertiary alicyclic amines) is 1. The summed E-state index contributed by atoms with van der Waals surface area (Å²) in [6, 6.07) is 15.3. The Morgan fingerprint density at radius 3 is 2.38 bits per heavy atom. The number of halogens is 2. The second kappa shape index (κ2) is 10.5. The number of benzene rings is 2. The van der Waals surface area contributed by atoms with E-state index in [1.54, 1.807) is 19.2 Å². The molecule has 2 aromatic rings. The van der Waals surface area contributed by atoms with Crippen molar-refractivity contribution < 1.29 is 9.13 Å². The van der Waals surface area contributed by atoms with Crippen LogP contribution in [0.5, 0.6) is 5.75 Å². The van der Waals surface area contributed by atoms with E-state index < -0.39 is 0 Å². The molecular formula is C22H29ClFNO. The van der Waals surface area contributed by atoms with Gasteiger partial charge in [0.2, 0.25) is 0 Å². The molecule has 0 bridgehead atoms. The van der Waals surface area contributed by atoms with Crippen molar-refractivity contribution in [1.82, 2.24) is 4.90 Å². The van der Waals surface area contributed by atoms with Crippen LogP contribution in [0.1, 0.15) is 30.4 Å². The van der Waals surface area contributed by atoms with E-state index in [1.165, 1.54) is 43.5 Å². The van der Waals surface area contributed by atoms with E-state index in [9.17, 15) is 4.39 Å². The van der Waals surface area contributed by atoms with Gasteiger partial charge in [0.15, 0.2) is 0 Å². The average Bonchev–Trinajstić information content (AvgIpc) is 2.67. The van der Waals surface area contributed by atoms with Crippen molar-refractivity contribution in [1.29, 1.82) is 0 Å². The minimum Gasteiger partial charge on any atom is -0.496 e. The van der Waals surface area contributed by atoms with Crippen LogP contribution >= 0.6 is 12.4 Å². The molecule has 0 N–H and O–H groups in total. The molecule has 0 aliphatic carbocycles. The Bertz CT molecular complexity index is 653. The van der Waals surface area contributed by atoms with Crippen LogP contribution in [0.4, 0.5) is 4.39 Å². The molecule has 4 heteroatoms. The van der Waals surface area contributed by atoms with Gasteiger partial charge in [-0.25, -0.2) is 4.39 Å². The van der Waals surface area contributed by atoms with E-state index in [2.05, 4.69) is 17.0 Å². The van der Waals surface area contributed by atoms with Crippen LogP contribution in [0.15, 0.2) is 48.5 Å². The highest BCUT2D eigenvalue weighted by Gasteiger charge is 2.19. The fourth-order valence-electron chi connectivity index (χ4n) is 3.71. The first-order valence-electron chi connectivity index (χ1n) is 9.33. The number of ether oxygens (including phenoxy) is 1. The van der Waals surface area contributed by atoms with Crippen molar-refractivity contribution in [2.24, 2.45) is 5.92 Å². The normalized spacial score (nSPS) is 15.5. The third kappa shape index (κ3) is 6.00. The molecule has 0 spiro atoms. The van der Waals surface area contributed by atoms with Gasteiger partial charge < -0.3 is 9.64 Å². The molecule has 0 radical (unpaired) electrons. The van der Waals surface area contributed by atoms with Crippen LogP contribution in [0.25, 0.3) is 0 Å². The highest BCUT2D eigenvalue weighted by Crippen LogP contribution is 2.25. The van der Waals surface area contributed by atoms with Crippen LogP contribution in [0.2, 0.25) is 0 Å². The molecule has 2 nitrogen and oxygen atoms in total. The molecule has 26 heavy (non-hydrogen) atoms. The van der Waals surface area contributed by atoms with E-state index >= 15 is 0 Å². The Morgan fingerprint density at radius 1 is 1.00 bits per heavy atom. The number of para-hydroxylation sites is 1. The summed E-state index contributed by atoms with van der Waals surface area (Å²) < 4.78 is 18.4. The molecule has 1 saturated heterocycles. The molecule has 0 atom stereocenters. The van der Waals surface area contributed by atoms with Crippen LogP contribution in [0, 0.1) is 11.7 Å². The van der Waals surface area contributed by atoms with Crippen LogP contribution in [0.3, 0.4) is 0 Å². The Hall–Kier alpha value is -1.58. The van der Waals surface area contributed by atoms with Gasteiger partial charge in [0.25, 0.3) is 0 Å². The number of piperidine rings is 1. The SMILES string of the molecule is COc1ccccc1CCC1CCN(CCc2ccc(F)cc2)CC1.Cl. The van der Waals surface area contributed by atoms with Crippen molar-refractivity contribution in [3.05, 3.63) is 65.5 Å². The highest BCUT2D eigenvalue weighted by atomic mass is 35.5. The first-order valence-corrected chi connectivity index (χ1v) is 9.33. The lowest BCUT2D eigenvalue weighted by atomic mass is 9.90. The summed E-state index contributed by atoms with van der Waals surface area (Å²) in [5.74, 6) is 1.67. The maximum Gasteiger partial charge on any atom is 0.123 e.